The van der Waals surface area contributed by atoms with Gasteiger partial charge >= 0.3 is 0 Å². The first-order valence-corrected chi connectivity index (χ1v) is 6.73. The van der Waals surface area contributed by atoms with Gasteiger partial charge in [0.05, 0.1) is 18.2 Å². The van der Waals surface area contributed by atoms with Gasteiger partial charge in [0.15, 0.2) is 0 Å². The summed E-state index contributed by atoms with van der Waals surface area (Å²) in [6.45, 7) is 0.449. The molecular weight excluding hydrogens is 286 g/mol. The topological polar surface area (TPSA) is 86.4 Å². The van der Waals surface area contributed by atoms with Crippen molar-refractivity contribution in [3.63, 3.8) is 0 Å². The standard InChI is InChI=1S/C15H17N3O4/c1-17-10-12(18(20)21)9-14(17)15(19)16-8-7-11-3-5-13(22-2)6-4-11/h3-6,9-10H,7-8H2,1-2H3,(H,16,19). The quantitative estimate of drug-likeness (QED) is 0.652. The number of hydrogen-bond donors (Lipinski definition) is 1. The molecule has 0 fully saturated rings. The lowest BCUT2D eigenvalue weighted by atomic mass is 10.1. The third-order valence-corrected chi connectivity index (χ3v) is 3.29. The Morgan fingerprint density at radius 1 is 1.36 bits per heavy atom. The number of carbonyl (C=O) groups excluding carboxylic acids is 1. The number of rotatable bonds is 6. The van der Waals surface area contributed by atoms with Crippen LogP contribution in [0.2, 0.25) is 0 Å². The lowest BCUT2D eigenvalue weighted by Crippen LogP contribution is -2.27. The number of methoxy groups -OCH3 is 1. The fraction of sp³-hybridized carbons (Fsp3) is 0.267. The van der Waals surface area contributed by atoms with Crippen LogP contribution in [-0.2, 0) is 13.5 Å². The average molecular weight is 303 g/mol. The summed E-state index contributed by atoms with van der Waals surface area (Å²) in [6, 6.07) is 8.84. The van der Waals surface area contributed by atoms with E-state index in [0.29, 0.717) is 13.0 Å². The molecule has 2 rings (SSSR count). The molecule has 22 heavy (non-hydrogen) atoms. The molecular formula is C15H17N3O4. The molecule has 0 atom stereocenters. The number of ether oxygens (including phenoxy) is 1. The van der Waals surface area contributed by atoms with Crippen LogP contribution in [0.5, 0.6) is 5.75 Å². The van der Waals surface area contributed by atoms with Gasteiger partial charge in [-0.25, -0.2) is 0 Å². The molecule has 0 aliphatic rings. The summed E-state index contributed by atoms with van der Waals surface area (Å²) >= 11 is 0. The molecule has 0 aliphatic heterocycles. The minimum Gasteiger partial charge on any atom is -0.497 e. The van der Waals surface area contributed by atoms with E-state index in [1.165, 1.54) is 16.8 Å². The number of nitro groups is 1. The van der Waals surface area contributed by atoms with Crippen molar-refractivity contribution >= 4 is 11.6 Å². The molecule has 1 amide bonds. The molecule has 0 bridgehead atoms. The van der Waals surface area contributed by atoms with Crippen molar-refractivity contribution in [1.29, 1.82) is 0 Å². The minimum atomic E-state index is -0.520. The second kappa shape index (κ2) is 6.75. The van der Waals surface area contributed by atoms with Crippen LogP contribution >= 0.6 is 0 Å². The summed E-state index contributed by atoms with van der Waals surface area (Å²) in [5.41, 5.74) is 1.24. The minimum absolute atomic E-state index is 0.0946. The first-order valence-electron chi connectivity index (χ1n) is 6.73. The van der Waals surface area contributed by atoms with Crippen LogP contribution < -0.4 is 10.1 Å². The van der Waals surface area contributed by atoms with Crippen molar-refractivity contribution in [3.05, 3.63) is 57.9 Å². The molecule has 0 saturated heterocycles. The summed E-state index contributed by atoms with van der Waals surface area (Å²) in [5.74, 6) is 0.452. The van der Waals surface area contributed by atoms with Crippen LogP contribution in [0.15, 0.2) is 36.5 Å². The third-order valence-electron chi connectivity index (χ3n) is 3.29. The van der Waals surface area contributed by atoms with Gasteiger partial charge in [-0.15, -0.1) is 0 Å². The van der Waals surface area contributed by atoms with Crippen molar-refractivity contribution in [3.8, 4) is 5.75 Å². The first kappa shape index (κ1) is 15.6. The SMILES string of the molecule is COc1ccc(CCNC(=O)c2cc([N+](=O)[O-])cn2C)cc1. The van der Waals surface area contributed by atoms with E-state index in [-0.39, 0.29) is 17.3 Å². The highest BCUT2D eigenvalue weighted by molar-refractivity contribution is 5.93. The van der Waals surface area contributed by atoms with E-state index < -0.39 is 4.92 Å². The number of benzene rings is 1. The molecule has 0 spiro atoms. The number of hydrogen-bond acceptors (Lipinski definition) is 4. The van der Waals surface area contributed by atoms with Crippen molar-refractivity contribution < 1.29 is 14.5 Å². The number of aromatic nitrogens is 1. The van der Waals surface area contributed by atoms with Crippen LogP contribution in [0.4, 0.5) is 5.69 Å². The Hall–Kier alpha value is -2.83. The van der Waals surface area contributed by atoms with Crippen LogP contribution in [-0.4, -0.2) is 29.1 Å². The fourth-order valence-corrected chi connectivity index (χ4v) is 2.08. The highest BCUT2D eigenvalue weighted by atomic mass is 16.6. The van der Waals surface area contributed by atoms with E-state index in [2.05, 4.69) is 5.32 Å². The molecule has 7 heteroatoms. The molecule has 1 heterocycles. The van der Waals surface area contributed by atoms with E-state index in [4.69, 9.17) is 4.74 Å². The molecule has 0 unspecified atom stereocenters. The van der Waals surface area contributed by atoms with E-state index in [1.54, 1.807) is 14.2 Å². The summed E-state index contributed by atoms with van der Waals surface area (Å²) < 4.78 is 6.52. The zero-order valence-electron chi connectivity index (χ0n) is 12.4. The number of amides is 1. The van der Waals surface area contributed by atoms with Gasteiger partial charge in [-0.05, 0) is 24.1 Å². The second-order valence-electron chi connectivity index (χ2n) is 4.81. The van der Waals surface area contributed by atoms with Gasteiger partial charge < -0.3 is 14.6 Å². The molecule has 1 aromatic heterocycles. The molecule has 1 aromatic carbocycles. The zero-order valence-corrected chi connectivity index (χ0v) is 12.4. The maximum Gasteiger partial charge on any atom is 0.287 e. The molecule has 7 nitrogen and oxygen atoms in total. The maximum atomic E-state index is 12.0. The Balaban J connectivity index is 1.91. The highest BCUT2D eigenvalue weighted by Gasteiger charge is 2.16. The number of nitrogens with one attached hydrogen (secondary N) is 1. The molecule has 0 saturated carbocycles. The van der Waals surface area contributed by atoms with Crippen molar-refractivity contribution in [1.82, 2.24) is 9.88 Å². The highest BCUT2D eigenvalue weighted by Crippen LogP contribution is 2.15. The summed E-state index contributed by atoms with van der Waals surface area (Å²) in [5, 5.41) is 13.4. The van der Waals surface area contributed by atoms with Gasteiger partial charge in [0.1, 0.15) is 11.4 Å². The van der Waals surface area contributed by atoms with E-state index in [0.717, 1.165) is 11.3 Å². The van der Waals surface area contributed by atoms with Crippen LogP contribution in [0.3, 0.4) is 0 Å². The number of aryl methyl sites for hydroxylation is 1. The van der Waals surface area contributed by atoms with Gasteiger partial charge in [-0.2, -0.15) is 0 Å². The number of carbonyl (C=O) groups is 1. The fourth-order valence-electron chi connectivity index (χ4n) is 2.08. The molecule has 116 valence electrons. The van der Waals surface area contributed by atoms with Crippen molar-refractivity contribution in [2.75, 3.05) is 13.7 Å². The monoisotopic (exact) mass is 303 g/mol. The second-order valence-corrected chi connectivity index (χ2v) is 4.81. The average Bonchev–Trinajstić information content (AvgIpc) is 2.90. The normalized spacial score (nSPS) is 10.3. The van der Waals surface area contributed by atoms with Crippen LogP contribution in [0, 0.1) is 10.1 Å². The zero-order chi connectivity index (χ0) is 16.1. The van der Waals surface area contributed by atoms with E-state index in [1.807, 2.05) is 24.3 Å². The Labute approximate surface area is 127 Å². The Morgan fingerprint density at radius 2 is 2.05 bits per heavy atom. The number of nitrogens with zero attached hydrogens (tertiary/aromatic N) is 2. The van der Waals surface area contributed by atoms with Gasteiger partial charge in [0, 0.05) is 19.7 Å². The Kier molecular flexibility index (Phi) is 4.77. The lowest BCUT2D eigenvalue weighted by Gasteiger charge is -2.06. The molecule has 0 radical (unpaired) electrons. The van der Waals surface area contributed by atoms with E-state index >= 15 is 0 Å². The molecule has 1 N–H and O–H groups in total. The summed E-state index contributed by atoms with van der Waals surface area (Å²) in [6.07, 6.45) is 1.99. The summed E-state index contributed by atoms with van der Waals surface area (Å²) in [4.78, 5) is 22.2. The van der Waals surface area contributed by atoms with Crippen LogP contribution in [0.1, 0.15) is 16.1 Å². The van der Waals surface area contributed by atoms with Gasteiger partial charge in [-0.1, -0.05) is 12.1 Å². The van der Waals surface area contributed by atoms with Gasteiger partial charge in [-0.3, -0.25) is 14.9 Å². The van der Waals surface area contributed by atoms with Crippen molar-refractivity contribution in [2.45, 2.75) is 6.42 Å². The smallest absolute Gasteiger partial charge is 0.287 e. The largest absolute Gasteiger partial charge is 0.497 e. The van der Waals surface area contributed by atoms with Crippen LogP contribution in [0.25, 0.3) is 0 Å². The first-order chi connectivity index (χ1) is 10.5. The van der Waals surface area contributed by atoms with Gasteiger partial charge in [0.25, 0.3) is 11.6 Å². The van der Waals surface area contributed by atoms with Crippen molar-refractivity contribution in [2.24, 2.45) is 7.05 Å². The van der Waals surface area contributed by atoms with Gasteiger partial charge in [0.2, 0.25) is 0 Å². The third kappa shape index (κ3) is 3.63. The maximum absolute atomic E-state index is 12.0. The Morgan fingerprint density at radius 3 is 2.59 bits per heavy atom. The lowest BCUT2D eigenvalue weighted by molar-refractivity contribution is -0.384. The summed E-state index contributed by atoms with van der Waals surface area (Å²) in [7, 11) is 3.21. The molecule has 2 aromatic rings. The van der Waals surface area contributed by atoms with E-state index in [9.17, 15) is 14.9 Å². The Bertz CT molecular complexity index is 677. The molecule has 0 aliphatic carbocycles. The predicted octanol–water partition coefficient (Wildman–Crippen LogP) is 1.91. The predicted molar refractivity (Wildman–Crippen MR) is 81.1 cm³/mol.